The van der Waals surface area contributed by atoms with E-state index in [2.05, 4.69) is 48.3 Å². The van der Waals surface area contributed by atoms with Crippen LogP contribution in [0.4, 0.5) is 0 Å². The SMILES string of the molecule is CCNC(=NCCCN(C)C1CCCCC1)NC1CCN(C(C)C)CC1. The Kier molecular flexibility index (Phi) is 9.76. The van der Waals surface area contributed by atoms with Crippen LogP contribution >= 0.6 is 0 Å². The third kappa shape index (κ3) is 7.43. The van der Waals surface area contributed by atoms with E-state index in [4.69, 9.17) is 4.99 Å². The van der Waals surface area contributed by atoms with Crippen molar-refractivity contribution < 1.29 is 0 Å². The van der Waals surface area contributed by atoms with Crippen molar-refractivity contribution in [1.29, 1.82) is 0 Å². The summed E-state index contributed by atoms with van der Waals surface area (Å²) in [7, 11) is 2.30. The first kappa shape index (κ1) is 21.5. The molecule has 1 aliphatic heterocycles. The fourth-order valence-corrected chi connectivity index (χ4v) is 4.29. The maximum absolute atomic E-state index is 4.83. The van der Waals surface area contributed by atoms with Gasteiger partial charge in [-0.1, -0.05) is 19.3 Å². The molecular weight excluding hydrogens is 322 g/mol. The minimum atomic E-state index is 0.563. The molecule has 0 amide bonds. The number of likely N-dealkylation sites (tertiary alicyclic amines) is 1. The molecule has 1 saturated carbocycles. The normalized spacial score (nSPS) is 21.5. The van der Waals surface area contributed by atoms with Crippen molar-refractivity contribution in [3.05, 3.63) is 0 Å². The highest BCUT2D eigenvalue weighted by molar-refractivity contribution is 5.80. The minimum absolute atomic E-state index is 0.563. The third-order valence-corrected chi connectivity index (χ3v) is 6.08. The zero-order valence-electron chi connectivity index (χ0n) is 17.8. The van der Waals surface area contributed by atoms with Crippen LogP contribution in [0.1, 0.15) is 72.1 Å². The molecule has 0 unspecified atom stereocenters. The average molecular weight is 366 g/mol. The molecule has 1 aliphatic carbocycles. The highest BCUT2D eigenvalue weighted by atomic mass is 15.2. The topological polar surface area (TPSA) is 42.9 Å². The van der Waals surface area contributed by atoms with E-state index in [1.165, 1.54) is 64.6 Å². The molecule has 0 aromatic carbocycles. The molecule has 2 rings (SSSR count). The maximum atomic E-state index is 4.83. The van der Waals surface area contributed by atoms with Crippen LogP contribution in [0.15, 0.2) is 4.99 Å². The van der Waals surface area contributed by atoms with Gasteiger partial charge in [-0.05, 0) is 66.5 Å². The molecule has 1 heterocycles. The molecule has 1 saturated heterocycles. The smallest absolute Gasteiger partial charge is 0.191 e. The van der Waals surface area contributed by atoms with Gasteiger partial charge in [-0.2, -0.15) is 0 Å². The summed E-state index contributed by atoms with van der Waals surface area (Å²) < 4.78 is 0. The molecular formula is C21H43N5. The Morgan fingerprint density at radius 3 is 2.42 bits per heavy atom. The summed E-state index contributed by atoms with van der Waals surface area (Å²) in [6.45, 7) is 12.1. The Labute approximate surface area is 162 Å². The number of rotatable bonds is 8. The summed E-state index contributed by atoms with van der Waals surface area (Å²) in [5.74, 6) is 1.01. The van der Waals surface area contributed by atoms with Crippen LogP contribution in [-0.2, 0) is 0 Å². The van der Waals surface area contributed by atoms with Crippen molar-refractivity contribution >= 4 is 5.96 Å². The van der Waals surface area contributed by atoms with Gasteiger partial charge in [0.2, 0.25) is 0 Å². The summed E-state index contributed by atoms with van der Waals surface area (Å²) in [6, 6.07) is 2.04. The number of piperidine rings is 1. The molecule has 2 aliphatic rings. The van der Waals surface area contributed by atoms with E-state index in [-0.39, 0.29) is 0 Å². The Bertz CT molecular complexity index is 395. The summed E-state index contributed by atoms with van der Waals surface area (Å²) in [5.41, 5.74) is 0. The number of aliphatic imine (C=N–C) groups is 1. The second-order valence-corrected chi connectivity index (χ2v) is 8.43. The van der Waals surface area contributed by atoms with E-state index < -0.39 is 0 Å². The van der Waals surface area contributed by atoms with Gasteiger partial charge in [-0.25, -0.2) is 0 Å². The maximum Gasteiger partial charge on any atom is 0.191 e. The largest absolute Gasteiger partial charge is 0.357 e. The standard InChI is InChI=1S/C21H43N5/c1-5-22-21(24-19-12-16-26(17-13-19)18(2)3)23-14-9-15-25(4)20-10-7-6-8-11-20/h18-20H,5-17H2,1-4H3,(H2,22,23,24). The van der Waals surface area contributed by atoms with Crippen molar-refractivity contribution in [2.24, 2.45) is 4.99 Å². The lowest BCUT2D eigenvalue weighted by molar-refractivity contribution is 0.167. The molecule has 2 fully saturated rings. The summed E-state index contributed by atoms with van der Waals surface area (Å²) in [5, 5.41) is 7.09. The lowest BCUT2D eigenvalue weighted by Crippen LogP contribution is -2.49. The van der Waals surface area contributed by atoms with Crippen LogP contribution in [0.5, 0.6) is 0 Å². The highest BCUT2D eigenvalue weighted by Gasteiger charge is 2.21. The van der Waals surface area contributed by atoms with Crippen LogP contribution in [0.3, 0.4) is 0 Å². The summed E-state index contributed by atoms with van der Waals surface area (Å²) in [6.07, 6.45) is 10.6. The minimum Gasteiger partial charge on any atom is -0.357 e. The Morgan fingerprint density at radius 2 is 1.81 bits per heavy atom. The molecule has 152 valence electrons. The van der Waals surface area contributed by atoms with E-state index in [1.54, 1.807) is 0 Å². The van der Waals surface area contributed by atoms with Crippen LogP contribution in [0.25, 0.3) is 0 Å². The molecule has 26 heavy (non-hydrogen) atoms. The van der Waals surface area contributed by atoms with Gasteiger partial charge in [-0.3, -0.25) is 4.99 Å². The fourth-order valence-electron chi connectivity index (χ4n) is 4.29. The lowest BCUT2D eigenvalue weighted by atomic mass is 9.94. The van der Waals surface area contributed by atoms with E-state index in [0.29, 0.717) is 12.1 Å². The van der Waals surface area contributed by atoms with E-state index in [9.17, 15) is 0 Å². The van der Waals surface area contributed by atoms with Gasteiger partial charge in [0.05, 0.1) is 0 Å². The zero-order valence-corrected chi connectivity index (χ0v) is 17.8. The molecule has 0 spiro atoms. The molecule has 5 heteroatoms. The lowest BCUT2D eigenvalue weighted by Gasteiger charge is -2.35. The van der Waals surface area contributed by atoms with Crippen LogP contribution in [-0.4, -0.2) is 73.7 Å². The summed E-state index contributed by atoms with van der Waals surface area (Å²) in [4.78, 5) is 9.97. The monoisotopic (exact) mass is 365 g/mol. The molecule has 2 N–H and O–H groups in total. The first-order valence-corrected chi connectivity index (χ1v) is 11.1. The van der Waals surface area contributed by atoms with Crippen molar-refractivity contribution in [3.8, 4) is 0 Å². The first-order chi connectivity index (χ1) is 12.6. The number of hydrogen-bond donors (Lipinski definition) is 2. The molecule has 0 bridgehead atoms. The van der Waals surface area contributed by atoms with Crippen molar-refractivity contribution in [3.63, 3.8) is 0 Å². The van der Waals surface area contributed by atoms with Gasteiger partial charge in [0.15, 0.2) is 5.96 Å². The van der Waals surface area contributed by atoms with Gasteiger partial charge in [0, 0.05) is 44.3 Å². The third-order valence-electron chi connectivity index (χ3n) is 6.08. The van der Waals surface area contributed by atoms with Gasteiger partial charge in [0.1, 0.15) is 0 Å². The predicted octanol–water partition coefficient (Wildman–Crippen LogP) is 3.07. The van der Waals surface area contributed by atoms with E-state index in [0.717, 1.165) is 31.5 Å². The molecule has 0 aromatic rings. The van der Waals surface area contributed by atoms with Crippen LogP contribution in [0, 0.1) is 0 Å². The fraction of sp³-hybridized carbons (Fsp3) is 0.952. The second kappa shape index (κ2) is 11.8. The average Bonchev–Trinajstić information content (AvgIpc) is 2.66. The van der Waals surface area contributed by atoms with Crippen molar-refractivity contribution in [1.82, 2.24) is 20.4 Å². The van der Waals surface area contributed by atoms with Crippen molar-refractivity contribution in [2.45, 2.75) is 90.3 Å². The predicted molar refractivity (Wildman–Crippen MR) is 113 cm³/mol. The van der Waals surface area contributed by atoms with Gasteiger partial charge >= 0.3 is 0 Å². The molecule has 0 radical (unpaired) electrons. The van der Waals surface area contributed by atoms with Crippen LogP contribution in [0.2, 0.25) is 0 Å². The van der Waals surface area contributed by atoms with Gasteiger partial charge in [-0.15, -0.1) is 0 Å². The van der Waals surface area contributed by atoms with Gasteiger partial charge in [0.25, 0.3) is 0 Å². The van der Waals surface area contributed by atoms with Gasteiger partial charge < -0.3 is 20.4 Å². The first-order valence-electron chi connectivity index (χ1n) is 11.1. The van der Waals surface area contributed by atoms with Crippen LogP contribution < -0.4 is 10.6 Å². The highest BCUT2D eigenvalue weighted by Crippen LogP contribution is 2.21. The Hall–Kier alpha value is -0.810. The Balaban J connectivity index is 1.69. The molecule has 0 aromatic heterocycles. The Morgan fingerprint density at radius 1 is 1.12 bits per heavy atom. The zero-order chi connectivity index (χ0) is 18.8. The molecule has 0 atom stereocenters. The number of nitrogens with zero attached hydrogens (tertiary/aromatic N) is 3. The van der Waals surface area contributed by atoms with Crippen molar-refractivity contribution in [2.75, 3.05) is 39.8 Å². The second-order valence-electron chi connectivity index (χ2n) is 8.43. The van der Waals surface area contributed by atoms with E-state index in [1.807, 2.05) is 0 Å². The number of hydrogen-bond acceptors (Lipinski definition) is 3. The van der Waals surface area contributed by atoms with E-state index >= 15 is 0 Å². The number of nitrogens with one attached hydrogen (secondary N) is 2. The molecule has 5 nitrogen and oxygen atoms in total. The quantitative estimate of drug-likeness (QED) is 0.394. The number of guanidine groups is 1. The summed E-state index contributed by atoms with van der Waals surface area (Å²) >= 11 is 0.